The van der Waals surface area contributed by atoms with Crippen molar-refractivity contribution in [2.75, 3.05) is 24.6 Å². The predicted octanol–water partition coefficient (Wildman–Crippen LogP) is 3.24. The topological polar surface area (TPSA) is 81.2 Å². The van der Waals surface area contributed by atoms with Gasteiger partial charge in [0.15, 0.2) is 0 Å². The zero-order valence-electron chi connectivity index (χ0n) is 22.3. The molecule has 7 nitrogen and oxygen atoms in total. The average molecular weight is 524 g/mol. The van der Waals surface area contributed by atoms with Crippen LogP contribution in [0.4, 0.5) is 5.69 Å². The molecule has 198 valence electrons. The quantitative estimate of drug-likeness (QED) is 0.613. The highest BCUT2D eigenvalue weighted by molar-refractivity contribution is 8.02. The summed E-state index contributed by atoms with van der Waals surface area (Å²) in [5, 5.41) is 10.3. The molecule has 4 aliphatic heterocycles. The molecule has 1 N–H and O–H groups in total. The van der Waals surface area contributed by atoms with Crippen LogP contribution in [0.25, 0.3) is 0 Å². The van der Waals surface area contributed by atoms with Gasteiger partial charge < -0.3 is 19.8 Å². The Kier molecular flexibility index (Phi) is 6.35. The van der Waals surface area contributed by atoms with Gasteiger partial charge in [0.05, 0.1) is 29.2 Å². The van der Waals surface area contributed by atoms with Gasteiger partial charge in [0, 0.05) is 29.1 Å². The number of aliphatic hydroxyl groups is 1. The van der Waals surface area contributed by atoms with Gasteiger partial charge in [-0.3, -0.25) is 14.4 Å². The van der Waals surface area contributed by atoms with E-state index in [-0.39, 0.29) is 24.3 Å². The summed E-state index contributed by atoms with van der Waals surface area (Å²) >= 11 is 1.58. The minimum atomic E-state index is -0.907. The molecule has 0 aliphatic carbocycles. The van der Waals surface area contributed by atoms with Crippen molar-refractivity contribution in [2.24, 2.45) is 11.8 Å². The minimum absolute atomic E-state index is 0.100. The number of fused-ring (bicyclic) bond motifs is 2. The Hall–Kier alpha value is -2.58. The Balaban J connectivity index is 1.68. The number of aliphatic hydroxyl groups excluding tert-OH is 1. The highest BCUT2D eigenvalue weighted by Gasteiger charge is 2.74. The van der Waals surface area contributed by atoms with Gasteiger partial charge in [-0.15, -0.1) is 11.8 Å². The Morgan fingerprint density at radius 1 is 1.00 bits per heavy atom. The molecule has 6 atom stereocenters. The van der Waals surface area contributed by atoms with Crippen molar-refractivity contribution in [3.63, 3.8) is 0 Å². The number of thioether (sulfide) groups is 1. The highest BCUT2D eigenvalue weighted by atomic mass is 32.2. The first-order chi connectivity index (χ1) is 17.5. The first-order valence-electron chi connectivity index (χ1n) is 13.2. The smallest absolute Gasteiger partial charge is 0.247 e. The normalized spacial score (nSPS) is 34.3. The highest BCUT2D eigenvalue weighted by Crippen LogP contribution is 2.66. The van der Waals surface area contributed by atoms with Crippen molar-refractivity contribution in [3.8, 4) is 0 Å². The molecular formula is C29H37N3O4S. The summed E-state index contributed by atoms with van der Waals surface area (Å²) in [6.07, 6.45) is 8.63. The van der Waals surface area contributed by atoms with Crippen LogP contribution in [0, 0.1) is 11.8 Å². The molecule has 2 saturated heterocycles. The first kappa shape index (κ1) is 26.0. The SMILES string of the molecule is CC[C@@H](CO)N1C(=O)[C@@H]2[C@H]3C(=O)N(c4ccccc4)CC=C[C@@]3(C)S[C@@]23C=CCN(C(C)(C)C)C(=O)C13. The van der Waals surface area contributed by atoms with E-state index in [0.29, 0.717) is 19.5 Å². The summed E-state index contributed by atoms with van der Waals surface area (Å²) in [5.41, 5.74) is 0.345. The van der Waals surface area contributed by atoms with Crippen LogP contribution < -0.4 is 4.90 Å². The van der Waals surface area contributed by atoms with Gasteiger partial charge in [-0.2, -0.15) is 0 Å². The lowest BCUT2D eigenvalue weighted by atomic mass is 9.74. The van der Waals surface area contributed by atoms with Gasteiger partial charge in [-0.25, -0.2) is 0 Å². The van der Waals surface area contributed by atoms with E-state index in [9.17, 15) is 19.5 Å². The van der Waals surface area contributed by atoms with Crippen molar-refractivity contribution >= 4 is 35.2 Å². The second-order valence-corrected chi connectivity index (χ2v) is 13.5. The number of anilines is 1. The number of hydrogen-bond acceptors (Lipinski definition) is 5. The molecule has 1 aromatic carbocycles. The molecule has 4 heterocycles. The molecule has 0 bridgehead atoms. The molecule has 1 spiro atoms. The first-order valence-corrected chi connectivity index (χ1v) is 14.0. The van der Waals surface area contributed by atoms with Crippen LogP contribution in [0.5, 0.6) is 0 Å². The van der Waals surface area contributed by atoms with Gasteiger partial charge in [0.2, 0.25) is 17.7 Å². The number of para-hydroxylation sites is 1. The van der Waals surface area contributed by atoms with Crippen LogP contribution >= 0.6 is 11.8 Å². The number of carbonyl (C=O) groups excluding carboxylic acids is 3. The van der Waals surface area contributed by atoms with Gasteiger partial charge in [-0.05, 0) is 46.2 Å². The summed E-state index contributed by atoms with van der Waals surface area (Å²) in [7, 11) is 0. The molecule has 3 amide bonds. The summed E-state index contributed by atoms with van der Waals surface area (Å²) in [6, 6.07) is 8.25. The van der Waals surface area contributed by atoms with Crippen LogP contribution in [0.1, 0.15) is 41.0 Å². The largest absolute Gasteiger partial charge is 0.394 e. The number of likely N-dealkylation sites (tertiary alicyclic amines) is 1. The monoisotopic (exact) mass is 523 g/mol. The zero-order valence-corrected chi connectivity index (χ0v) is 23.1. The maximum Gasteiger partial charge on any atom is 0.247 e. The summed E-state index contributed by atoms with van der Waals surface area (Å²) < 4.78 is -1.57. The Labute approximate surface area is 223 Å². The molecule has 4 aliphatic rings. The van der Waals surface area contributed by atoms with E-state index in [1.54, 1.807) is 21.6 Å². The maximum atomic E-state index is 14.4. The lowest BCUT2D eigenvalue weighted by molar-refractivity contribution is -0.148. The third-order valence-corrected chi connectivity index (χ3v) is 10.2. The lowest BCUT2D eigenvalue weighted by Crippen LogP contribution is -2.59. The number of hydrogen-bond donors (Lipinski definition) is 1. The van der Waals surface area contributed by atoms with Gasteiger partial charge >= 0.3 is 0 Å². The fraction of sp³-hybridized carbons (Fsp3) is 0.552. The number of carbonyl (C=O) groups is 3. The zero-order chi connectivity index (χ0) is 26.8. The Bertz CT molecular complexity index is 1160. The van der Waals surface area contributed by atoms with Gasteiger partial charge in [0.25, 0.3) is 0 Å². The van der Waals surface area contributed by atoms with E-state index in [0.717, 1.165) is 5.69 Å². The summed E-state index contributed by atoms with van der Waals surface area (Å²) in [6.45, 7) is 10.6. The van der Waals surface area contributed by atoms with Gasteiger partial charge in [-0.1, -0.05) is 49.4 Å². The second kappa shape index (κ2) is 9.02. The molecule has 1 unspecified atom stereocenters. The predicted molar refractivity (Wildman–Crippen MR) is 146 cm³/mol. The van der Waals surface area contributed by atoms with Crippen molar-refractivity contribution in [2.45, 2.75) is 68.2 Å². The van der Waals surface area contributed by atoms with E-state index in [2.05, 4.69) is 6.08 Å². The maximum absolute atomic E-state index is 14.4. The standard InChI is InChI=1S/C29H37N3O4S/c1-6-19(18-33)32-23-26(36)31(27(2,3)4)17-11-15-29(23)22(25(32)35)21-24(34)30(20-12-8-7-9-13-20)16-10-14-28(21,5)37-29/h7-15,19,21-23,33H,6,16-18H2,1-5H3/t19-,21-,22-,23?,28+,29-/m0/s1. The number of amides is 3. The molecular weight excluding hydrogens is 486 g/mol. The van der Waals surface area contributed by atoms with Gasteiger partial charge in [0.1, 0.15) is 6.04 Å². The molecule has 8 heteroatoms. The van der Waals surface area contributed by atoms with Crippen molar-refractivity contribution in [3.05, 3.63) is 54.6 Å². The van der Waals surface area contributed by atoms with E-state index in [1.807, 2.05) is 88.1 Å². The minimum Gasteiger partial charge on any atom is -0.394 e. The van der Waals surface area contributed by atoms with Crippen molar-refractivity contribution in [1.82, 2.24) is 9.80 Å². The fourth-order valence-electron chi connectivity index (χ4n) is 6.71. The molecule has 0 saturated carbocycles. The summed E-state index contributed by atoms with van der Waals surface area (Å²) in [5.74, 6) is -1.79. The summed E-state index contributed by atoms with van der Waals surface area (Å²) in [4.78, 5) is 48.3. The number of benzene rings is 1. The molecule has 0 radical (unpaired) electrons. The van der Waals surface area contributed by atoms with Crippen LogP contribution in [0.15, 0.2) is 54.6 Å². The van der Waals surface area contributed by atoms with E-state index >= 15 is 0 Å². The van der Waals surface area contributed by atoms with E-state index in [1.165, 1.54) is 0 Å². The van der Waals surface area contributed by atoms with E-state index in [4.69, 9.17) is 0 Å². The molecule has 1 aromatic rings. The van der Waals surface area contributed by atoms with Crippen LogP contribution in [-0.2, 0) is 14.4 Å². The van der Waals surface area contributed by atoms with Crippen LogP contribution in [0.2, 0.25) is 0 Å². The van der Waals surface area contributed by atoms with Crippen molar-refractivity contribution < 1.29 is 19.5 Å². The molecule has 2 fully saturated rings. The van der Waals surface area contributed by atoms with E-state index < -0.39 is 39.0 Å². The molecule has 0 aromatic heterocycles. The fourth-order valence-corrected chi connectivity index (χ4v) is 8.86. The number of nitrogens with zero attached hydrogens (tertiary/aromatic N) is 3. The Morgan fingerprint density at radius 2 is 1.68 bits per heavy atom. The second-order valence-electron chi connectivity index (χ2n) is 11.7. The lowest BCUT2D eigenvalue weighted by Gasteiger charge is -2.42. The Morgan fingerprint density at radius 3 is 2.30 bits per heavy atom. The average Bonchev–Trinajstić information content (AvgIpc) is 3.11. The third-order valence-electron chi connectivity index (χ3n) is 8.45. The van der Waals surface area contributed by atoms with Crippen molar-refractivity contribution in [1.29, 1.82) is 0 Å². The third kappa shape index (κ3) is 3.78. The molecule has 5 rings (SSSR count). The van der Waals surface area contributed by atoms with Crippen LogP contribution in [-0.4, -0.2) is 79.4 Å². The number of rotatable bonds is 4. The van der Waals surface area contributed by atoms with Crippen LogP contribution in [0.3, 0.4) is 0 Å². The molecule has 37 heavy (non-hydrogen) atoms.